The van der Waals surface area contributed by atoms with Crippen LogP contribution in [0.3, 0.4) is 0 Å². The maximum Gasteiger partial charge on any atom is 0.181 e. The summed E-state index contributed by atoms with van der Waals surface area (Å²) in [6.07, 6.45) is 11.9. The highest BCUT2D eigenvalue weighted by atomic mass is 16.1. The molecule has 178 valence electrons. The van der Waals surface area contributed by atoms with Crippen molar-refractivity contribution in [1.29, 1.82) is 0 Å². The lowest BCUT2D eigenvalue weighted by atomic mass is 9.43. The molecule has 0 aromatic carbocycles. The van der Waals surface area contributed by atoms with Crippen molar-refractivity contribution in [3.8, 4) is 0 Å². The fraction of sp³-hybridized carbons (Fsp3) is 0.586. The maximum absolute atomic E-state index is 13.3. The van der Waals surface area contributed by atoms with Gasteiger partial charge in [-0.15, -0.1) is 0 Å². The van der Waals surface area contributed by atoms with Crippen molar-refractivity contribution in [1.82, 2.24) is 0 Å². The number of allylic oxidation sites excluding steroid dienone is 8. The number of hydrogen-bond donors (Lipinski definition) is 0. The molecule has 0 amide bonds. The molecule has 0 spiro atoms. The Kier molecular flexibility index (Phi) is 6.72. The van der Waals surface area contributed by atoms with Gasteiger partial charge in [0.2, 0.25) is 0 Å². The highest BCUT2D eigenvalue weighted by Crippen LogP contribution is 2.68. The number of carbonyl (C=O) groups is 4. The first kappa shape index (κ1) is 25.3. The van der Waals surface area contributed by atoms with Gasteiger partial charge in [0.05, 0.1) is 0 Å². The lowest BCUT2D eigenvalue weighted by Gasteiger charge is -2.60. The summed E-state index contributed by atoms with van der Waals surface area (Å²) in [6.45, 7) is 13.9. The van der Waals surface area contributed by atoms with Crippen LogP contribution in [-0.4, -0.2) is 23.1 Å². The molecule has 3 saturated carbocycles. The van der Waals surface area contributed by atoms with Crippen LogP contribution in [0.25, 0.3) is 0 Å². The number of carbonyl (C=O) groups excluding carboxylic acids is 4. The fourth-order valence-corrected chi connectivity index (χ4v) is 7.21. The second-order valence-corrected chi connectivity index (χ2v) is 11.4. The van der Waals surface area contributed by atoms with Gasteiger partial charge in [-0.1, -0.05) is 45.9 Å². The second kappa shape index (κ2) is 8.77. The zero-order valence-electron chi connectivity index (χ0n) is 21.2. The predicted octanol–water partition coefficient (Wildman–Crippen LogP) is 5.92. The van der Waals surface area contributed by atoms with Crippen molar-refractivity contribution < 1.29 is 19.2 Å². The molecule has 0 aromatic rings. The third kappa shape index (κ3) is 4.29. The molecule has 3 fully saturated rings. The zero-order chi connectivity index (χ0) is 24.8. The predicted molar refractivity (Wildman–Crippen MR) is 130 cm³/mol. The van der Waals surface area contributed by atoms with Crippen molar-refractivity contribution in [3.05, 3.63) is 47.1 Å². The van der Waals surface area contributed by atoms with E-state index in [0.29, 0.717) is 30.1 Å². The number of hydrogen-bond acceptors (Lipinski definition) is 4. The Morgan fingerprint density at radius 1 is 0.909 bits per heavy atom. The minimum absolute atomic E-state index is 0.0161. The molecule has 0 heterocycles. The average Bonchev–Trinajstić information content (AvgIpc) is 3.00. The minimum Gasteiger partial charge on any atom is -0.299 e. The summed E-state index contributed by atoms with van der Waals surface area (Å²) >= 11 is 0. The Morgan fingerprint density at radius 2 is 1.58 bits per heavy atom. The molecule has 3 aliphatic rings. The summed E-state index contributed by atoms with van der Waals surface area (Å²) in [5, 5.41) is 0. The van der Waals surface area contributed by atoms with Crippen molar-refractivity contribution >= 4 is 23.1 Å². The van der Waals surface area contributed by atoms with Gasteiger partial charge in [0.25, 0.3) is 0 Å². The van der Waals surface area contributed by atoms with Gasteiger partial charge in [-0.05, 0) is 80.6 Å². The monoisotopic (exact) mass is 450 g/mol. The molecule has 0 bridgehead atoms. The summed E-state index contributed by atoms with van der Waals surface area (Å²) in [6, 6.07) is 0. The van der Waals surface area contributed by atoms with E-state index in [-0.39, 0.29) is 39.5 Å². The Hall–Kier alpha value is -2.36. The van der Waals surface area contributed by atoms with Gasteiger partial charge >= 0.3 is 0 Å². The Morgan fingerprint density at radius 3 is 2.21 bits per heavy atom. The largest absolute Gasteiger partial charge is 0.299 e. The third-order valence-corrected chi connectivity index (χ3v) is 8.98. The summed E-state index contributed by atoms with van der Waals surface area (Å²) in [7, 11) is 0. The first-order chi connectivity index (χ1) is 15.2. The number of ketones is 4. The molecule has 0 aliphatic heterocycles. The van der Waals surface area contributed by atoms with Gasteiger partial charge in [-0.3, -0.25) is 19.2 Å². The fourth-order valence-electron chi connectivity index (χ4n) is 7.21. The van der Waals surface area contributed by atoms with Crippen molar-refractivity contribution in [2.75, 3.05) is 0 Å². The van der Waals surface area contributed by atoms with Crippen LogP contribution in [0.2, 0.25) is 0 Å². The van der Waals surface area contributed by atoms with E-state index in [1.807, 2.05) is 19.1 Å². The molecule has 3 aliphatic carbocycles. The molecule has 3 rings (SSSR count). The van der Waals surface area contributed by atoms with E-state index in [4.69, 9.17) is 0 Å². The third-order valence-electron chi connectivity index (χ3n) is 8.98. The maximum atomic E-state index is 13.3. The lowest BCUT2D eigenvalue weighted by molar-refractivity contribution is -0.154. The molecule has 0 unspecified atom stereocenters. The van der Waals surface area contributed by atoms with Gasteiger partial charge in [0.15, 0.2) is 17.3 Å². The van der Waals surface area contributed by atoms with Crippen LogP contribution in [0.5, 0.6) is 0 Å². The number of Topliss-reactive ketones (excluding diaryl/α,β-unsaturated/α-hetero) is 2. The Balaban J connectivity index is 1.90. The van der Waals surface area contributed by atoms with Crippen LogP contribution < -0.4 is 0 Å². The summed E-state index contributed by atoms with van der Waals surface area (Å²) in [5.41, 5.74) is 1.88. The van der Waals surface area contributed by atoms with Crippen LogP contribution in [0.1, 0.15) is 80.6 Å². The molecule has 33 heavy (non-hydrogen) atoms. The summed E-state index contributed by atoms with van der Waals surface area (Å²) in [5.74, 6) is 0.781. The SMILES string of the molecule is CC(=O)/C=C\C(=O)/C(C)=C/C=C/C(C)=C1/C(=O)C[C@H]2[C@@]3(C)CCC(=O)C(C)(C)[C@@H]3CC[C@]12C. The van der Waals surface area contributed by atoms with Crippen LogP contribution >= 0.6 is 0 Å². The van der Waals surface area contributed by atoms with Gasteiger partial charge in [-0.2, -0.15) is 0 Å². The van der Waals surface area contributed by atoms with Gasteiger partial charge < -0.3 is 0 Å². The molecule has 4 heteroatoms. The standard InChI is InChI=1S/C29H38O4/c1-18(21(31)12-11-20(3)30)9-8-10-19(2)26-22(32)17-24-28(6)16-14-25(33)27(4,5)23(28)13-15-29(24,26)7/h8-12,23-24H,13-17H2,1-7H3/b10-8+,12-11-,18-9+,26-19-/t23-,24-,28-,29-/m0/s1. The molecule has 4 atom stereocenters. The number of rotatable bonds is 5. The Labute approximate surface area is 198 Å². The van der Waals surface area contributed by atoms with E-state index in [2.05, 4.69) is 27.7 Å². The molecule has 4 nitrogen and oxygen atoms in total. The average molecular weight is 451 g/mol. The molecule has 0 aromatic heterocycles. The van der Waals surface area contributed by atoms with E-state index >= 15 is 0 Å². The van der Waals surface area contributed by atoms with Gasteiger partial charge in [0, 0.05) is 29.2 Å². The Bertz CT molecular complexity index is 1020. The van der Waals surface area contributed by atoms with E-state index in [1.54, 1.807) is 13.0 Å². The first-order valence-corrected chi connectivity index (χ1v) is 12.1. The second-order valence-electron chi connectivity index (χ2n) is 11.4. The van der Waals surface area contributed by atoms with E-state index < -0.39 is 0 Å². The summed E-state index contributed by atoms with van der Waals surface area (Å²) in [4.78, 5) is 49.1. The van der Waals surface area contributed by atoms with E-state index in [9.17, 15) is 19.2 Å². The van der Waals surface area contributed by atoms with Crippen molar-refractivity contribution in [2.24, 2.45) is 28.1 Å². The topological polar surface area (TPSA) is 68.3 Å². The van der Waals surface area contributed by atoms with E-state index in [0.717, 1.165) is 30.4 Å². The molecular formula is C29H38O4. The summed E-state index contributed by atoms with van der Waals surface area (Å²) < 4.78 is 0. The zero-order valence-corrected chi connectivity index (χ0v) is 21.2. The lowest BCUT2D eigenvalue weighted by Crippen LogP contribution is -2.56. The van der Waals surface area contributed by atoms with Crippen molar-refractivity contribution in [3.63, 3.8) is 0 Å². The van der Waals surface area contributed by atoms with Crippen LogP contribution in [0.4, 0.5) is 0 Å². The molecule has 0 radical (unpaired) electrons. The normalized spacial score (nSPS) is 35.7. The minimum atomic E-state index is -0.329. The van der Waals surface area contributed by atoms with Gasteiger partial charge in [-0.25, -0.2) is 0 Å². The van der Waals surface area contributed by atoms with Crippen molar-refractivity contribution in [2.45, 2.75) is 80.6 Å². The first-order valence-electron chi connectivity index (χ1n) is 12.1. The van der Waals surface area contributed by atoms with Gasteiger partial charge in [0.1, 0.15) is 5.78 Å². The van der Waals surface area contributed by atoms with Crippen LogP contribution in [-0.2, 0) is 19.2 Å². The number of fused-ring (bicyclic) bond motifs is 3. The highest BCUT2D eigenvalue weighted by molar-refractivity contribution is 6.07. The van der Waals surface area contributed by atoms with Crippen LogP contribution in [0.15, 0.2) is 47.1 Å². The highest BCUT2D eigenvalue weighted by Gasteiger charge is 2.64. The quantitative estimate of drug-likeness (QED) is 0.385. The molecule has 0 saturated heterocycles. The van der Waals surface area contributed by atoms with Crippen LogP contribution in [0, 0.1) is 28.1 Å². The van der Waals surface area contributed by atoms with E-state index in [1.165, 1.54) is 19.1 Å². The molecular weight excluding hydrogens is 412 g/mol. The smallest absolute Gasteiger partial charge is 0.181 e. The molecule has 0 N–H and O–H groups in total.